The van der Waals surface area contributed by atoms with Crippen LogP contribution < -0.4 is 15.8 Å². The van der Waals surface area contributed by atoms with Crippen molar-refractivity contribution in [2.75, 3.05) is 25.5 Å². The number of nitrogen functional groups attached to an aromatic ring is 1. The zero-order chi connectivity index (χ0) is 15.7. The van der Waals surface area contributed by atoms with E-state index in [0.29, 0.717) is 31.0 Å². The topological polar surface area (TPSA) is 84.6 Å². The first kappa shape index (κ1) is 17.3. The number of rotatable bonds is 9. The molecule has 0 radical (unpaired) electrons. The molecule has 1 aromatic rings. The van der Waals surface area contributed by atoms with Crippen molar-refractivity contribution in [1.29, 1.82) is 0 Å². The van der Waals surface area contributed by atoms with Gasteiger partial charge in [-0.1, -0.05) is 19.9 Å². The molecule has 0 aliphatic heterocycles. The summed E-state index contributed by atoms with van der Waals surface area (Å²) >= 11 is 0. The molecular formula is C16H26N2O3. The number of nitrogens with two attached hydrogens (primary N) is 1. The van der Waals surface area contributed by atoms with Crippen LogP contribution in [0.4, 0.5) is 5.69 Å². The highest BCUT2D eigenvalue weighted by atomic mass is 16.5. The third-order valence-electron chi connectivity index (χ3n) is 3.23. The van der Waals surface area contributed by atoms with Gasteiger partial charge in [0.25, 0.3) is 0 Å². The Hall–Kier alpha value is -1.75. The van der Waals surface area contributed by atoms with Crippen LogP contribution in [0.25, 0.3) is 0 Å². The number of ether oxygens (including phenoxy) is 1. The summed E-state index contributed by atoms with van der Waals surface area (Å²) in [6.45, 7) is 5.26. The second-order valence-corrected chi connectivity index (χ2v) is 5.94. The van der Waals surface area contributed by atoms with Crippen LogP contribution in [0.15, 0.2) is 24.3 Å². The predicted molar refractivity (Wildman–Crippen MR) is 84.1 cm³/mol. The zero-order valence-electron chi connectivity index (χ0n) is 12.9. The summed E-state index contributed by atoms with van der Waals surface area (Å²) in [6, 6.07) is 7.14. The molecule has 118 valence electrons. The Balaban J connectivity index is 2.22. The monoisotopic (exact) mass is 294 g/mol. The van der Waals surface area contributed by atoms with Gasteiger partial charge in [0.2, 0.25) is 5.91 Å². The van der Waals surface area contributed by atoms with Crippen molar-refractivity contribution >= 4 is 11.6 Å². The van der Waals surface area contributed by atoms with E-state index in [9.17, 15) is 4.79 Å². The summed E-state index contributed by atoms with van der Waals surface area (Å²) in [7, 11) is 0. The van der Waals surface area contributed by atoms with E-state index >= 15 is 0 Å². The lowest BCUT2D eigenvalue weighted by Crippen LogP contribution is -2.34. The average molecular weight is 294 g/mol. The molecule has 1 aromatic carbocycles. The smallest absolute Gasteiger partial charge is 0.223 e. The van der Waals surface area contributed by atoms with Crippen molar-refractivity contribution in [2.24, 2.45) is 5.41 Å². The molecule has 0 aliphatic carbocycles. The van der Waals surface area contributed by atoms with E-state index in [1.165, 1.54) is 0 Å². The Morgan fingerprint density at radius 1 is 1.43 bits per heavy atom. The quantitative estimate of drug-likeness (QED) is 0.608. The molecule has 5 nitrogen and oxygen atoms in total. The second-order valence-electron chi connectivity index (χ2n) is 5.94. The van der Waals surface area contributed by atoms with Gasteiger partial charge in [-0.3, -0.25) is 4.79 Å². The number of aliphatic hydroxyl groups is 1. The number of nitrogens with one attached hydrogen (secondary N) is 1. The van der Waals surface area contributed by atoms with Crippen LogP contribution in [0.5, 0.6) is 5.75 Å². The van der Waals surface area contributed by atoms with Crippen molar-refractivity contribution in [1.82, 2.24) is 5.32 Å². The summed E-state index contributed by atoms with van der Waals surface area (Å²) in [5.74, 6) is 0.641. The number of amides is 1. The lowest BCUT2D eigenvalue weighted by molar-refractivity contribution is -0.122. The molecule has 0 heterocycles. The third kappa shape index (κ3) is 7.56. The number of aliphatic hydroxyl groups excluding tert-OH is 1. The summed E-state index contributed by atoms with van der Waals surface area (Å²) < 4.78 is 5.48. The van der Waals surface area contributed by atoms with E-state index in [1.807, 2.05) is 12.1 Å². The summed E-state index contributed by atoms with van der Waals surface area (Å²) in [6.07, 6.45) is 1.94. The SMILES string of the molecule is CC(C)(CCCO)CNC(=O)CCOc1cccc(N)c1. The van der Waals surface area contributed by atoms with Gasteiger partial charge < -0.3 is 20.9 Å². The van der Waals surface area contributed by atoms with Crippen LogP contribution in [-0.2, 0) is 4.79 Å². The molecule has 4 N–H and O–H groups in total. The van der Waals surface area contributed by atoms with Crippen LogP contribution in [0.2, 0.25) is 0 Å². The van der Waals surface area contributed by atoms with Gasteiger partial charge in [0, 0.05) is 24.9 Å². The average Bonchev–Trinajstić information content (AvgIpc) is 2.43. The lowest BCUT2D eigenvalue weighted by Gasteiger charge is -2.24. The van der Waals surface area contributed by atoms with Crippen LogP contribution >= 0.6 is 0 Å². The lowest BCUT2D eigenvalue weighted by atomic mass is 9.88. The largest absolute Gasteiger partial charge is 0.493 e. The van der Waals surface area contributed by atoms with E-state index in [2.05, 4.69) is 19.2 Å². The Labute approximate surface area is 126 Å². The van der Waals surface area contributed by atoms with Gasteiger partial charge >= 0.3 is 0 Å². The number of anilines is 1. The first-order valence-electron chi connectivity index (χ1n) is 7.29. The summed E-state index contributed by atoms with van der Waals surface area (Å²) in [5, 5.41) is 11.7. The fraction of sp³-hybridized carbons (Fsp3) is 0.562. The minimum absolute atomic E-state index is 0.00682. The van der Waals surface area contributed by atoms with Crippen molar-refractivity contribution in [3.05, 3.63) is 24.3 Å². The van der Waals surface area contributed by atoms with E-state index < -0.39 is 0 Å². The van der Waals surface area contributed by atoms with Crippen LogP contribution in [0.3, 0.4) is 0 Å². The molecular weight excluding hydrogens is 268 g/mol. The maximum atomic E-state index is 11.8. The Morgan fingerprint density at radius 3 is 2.86 bits per heavy atom. The van der Waals surface area contributed by atoms with E-state index in [0.717, 1.165) is 12.8 Å². The first-order chi connectivity index (χ1) is 9.93. The number of carbonyl (C=O) groups is 1. The van der Waals surface area contributed by atoms with E-state index in [-0.39, 0.29) is 17.9 Å². The van der Waals surface area contributed by atoms with Gasteiger partial charge in [-0.25, -0.2) is 0 Å². The number of benzene rings is 1. The van der Waals surface area contributed by atoms with Crippen LogP contribution in [0, 0.1) is 5.41 Å². The van der Waals surface area contributed by atoms with Gasteiger partial charge in [0.05, 0.1) is 13.0 Å². The van der Waals surface area contributed by atoms with Gasteiger partial charge in [-0.05, 0) is 30.4 Å². The molecule has 21 heavy (non-hydrogen) atoms. The first-order valence-corrected chi connectivity index (χ1v) is 7.29. The highest BCUT2D eigenvalue weighted by molar-refractivity contribution is 5.76. The van der Waals surface area contributed by atoms with Crippen molar-refractivity contribution < 1.29 is 14.6 Å². The normalized spacial score (nSPS) is 11.2. The highest BCUT2D eigenvalue weighted by Gasteiger charge is 2.18. The molecule has 0 bridgehead atoms. The Kier molecular flexibility index (Phi) is 7.02. The molecule has 0 fully saturated rings. The second kappa shape index (κ2) is 8.52. The maximum absolute atomic E-state index is 11.8. The molecule has 1 amide bonds. The van der Waals surface area contributed by atoms with Crippen molar-refractivity contribution in [3.63, 3.8) is 0 Å². The molecule has 0 atom stereocenters. The third-order valence-corrected chi connectivity index (χ3v) is 3.23. The predicted octanol–water partition coefficient (Wildman–Crippen LogP) is 1.95. The number of hydrogen-bond acceptors (Lipinski definition) is 4. The van der Waals surface area contributed by atoms with Gasteiger partial charge in [-0.2, -0.15) is 0 Å². The van der Waals surface area contributed by atoms with Crippen molar-refractivity contribution in [2.45, 2.75) is 33.1 Å². The van der Waals surface area contributed by atoms with Crippen molar-refractivity contribution in [3.8, 4) is 5.75 Å². The molecule has 5 heteroatoms. The van der Waals surface area contributed by atoms with Gasteiger partial charge in [-0.15, -0.1) is 0 Å². The number of hydrogen-bond donors (Lipinski definition) is 3. The Morgan fingerprint density at radius 2 is 2.19 bits per heavy atom. The fourth-order valence-electron chi connectivity index (χ4n) is 1.94. The minimum Gasteiger partial charge on any atom is -0.493 e. The fourth-order valence-corrected chi connectivity index (χ4v) is 1.94. The molecule has 0 unspecified atom stereocenters. The minimum atomic E-state index is -0.0315. The summed E-state index contributed by atoms with van der Waals surface area (Å²) in [4.78, 5) is 11.8. The van der Waals surface area contributed by atoms with E-state index in [1.54, 1.807) is 12.1 Å². The summed E-state index contributed by atoms with van der Waals surface area (Å²) in [5.41, 5.74) is 6.28. The molecule has 1 rings (SSSR count). The number of carbonyl (C=O) groups excluding carboxylic acids is 1. The van der Waals surface area contributed by atoms with Crippen LogP contribution in [0.1, 0.15) is 33.1 Å². The maximum Gasteiger partial charge on any atom is 0.223 e. The molecule has 0 spiro atoms. The van der Waals surface area contributed by atoms with Gasteiger partial charge in [0.1, 0.15) is 5.75 Å². The molecule has 0 aromatic heterocycles. The van der Waals surface area contributed by atoms with Gasteiger partial charge in [0.15, 0.2) is 0 Å². The Bertz CT molecular complexity index is 447. The molecule has 0 saturated carbocycles. The van der Waals surface area contributed by atoms with Crippen LogP contribution in [-0.4, -0.2) is 30.8 Å². The molecule has 0 aliphatic rings. The van der Waals surface area contributed by atoms with E-state index in [4.69, 9.17) is 15.6 Å². The zero-order valence-corrected chi connectivity index (χ0v) is 12.9. The molecule has 0 saturated heterocycles. The standard InChI is InChI=1S/C16H26N2O3/c1-16(2,8-4-9-19)12-18-15(20)7-10-21-14-6-3-5-13(17)11-14/h3,5-6,11,19H,4,7-10,12,17H2,1-2H3,(H,18,20). The highest BCUT2D eigenvalue weighted by Crippen LogP contribution is 2.20.